The molecule has 0 spiro atoms. The fourth-order valence-electron chi connectivity index (χ4n) is 2.88. The van der Waals surface area contributed by atoms with Crippen LogP contribution in [0.3, 0.4) is 0 Å². The van der Waals surface area contributed by atoms with E-state index in [1.54, 1.807) is 28.8 Å². The van der Waals surface area contributed by atoms with Gasteiger partial charge in [0.05, 0.1) is 5.69 Å². The monoisotopic (exact) mass is 331 g/mol. The molecule has 128 valence electrons. The summed E-state index contributed by atoms with van der Waals surface area (Å²) in [5.41, 5.74) is 0.565. The molecular formula is C17H22FN5O. The van der Waals surface area contributed by atoms with Gasteiger partial charge in [-0.1, -0.05) is 19.9 Å². The Bertz CT molecular complexity index is 736. The SMILES string of the molecule is CC(C)c1nc(C(=O)N(C)[C@H]2CCNC2)nn1-c1cccc(F)c1. The number of nitrogens with zero attached hydrogens (tertiary/aromatic N) is 4. The third kappa shape index (κ3) is 3.17. The Morgan fingerprint density at radius 2 is 2.25 bits per heavy atom. The number of amides is 1. The van der Waals surface area contributed by atoms with E-state index in [2.05, 4.69) is 15.4 Å². The van der Waals surface area contributed by atoms with Crippen LogP contribution in [-0.4, -0.2) is 51.8 Å². The predicted octanol–water partition coefficient (Wildman–Crippen LogP) is 1.96. The Morgan fingerprint density at radius 3 is 2.88 bits per heavy atom. The fourth-order valence-corrected chi connectivity index (χ4v) is 2.88. The first-order chi connectivity index (χ1) is 11.5. The molecule has 0 aliphatic carbocycles. The molecule has 0 radical (unpaired) electrons. The van der Waals surface area contributed by atoms with Crippen molar-refractivity contribution in [1.82, 2.24) is 25.0 Å². The summed E-state index contributed by atoms with van der Waals surface area (Å²) in [7, 11) is 1.78. The highest BCUT2D eigenvalue weighted by atomic mass is 19.1. The van der Waals surface area contributed by atoms with Gasteiger partial charge in [0.2, 0.25) is 5.82 Å². The number of likely N-dealkylation sites (N-methyl/N-ethyl adjacent to an activating group) is 1. The molecule has 2 aromatic rings. The number of carbonyl (C=O) groups is 1. The maximum absolute atomic E-state index is 13.5. The molecule has 1 aliphatic rings. The third-order valence-corrected chi connectivity index (χ3v) is 4.30. The molecule has 1 aliphatic heterocycles. The molecule has 1 saturated heterocycles. The quantitative estimate of drug-likeness (QED) is 0.930. The molecule has 2 heterocycles. The van der Waals surface area contributed by atoms with Crippen LogP contribution in [0.15, 0.2) is 24.3 Å². The largest absolute Gasteiger partial charge is 0.335 e. The molecular weight excluding hydrogens is 309 g/mol. The zero-order chi connectivity index (χ0) is 17.3. The molecule has 3 rings (SSSR count). The third-order valence-electron chi connectivity index (χ3n) is 4.30. The second kappa shape index (κ2) is 6.68. The lowest BCUT2D eigenvalue weighted by Gasteiger charge is -2.22. The minimum absolute atomic E-state index is 0.0563. The summed E-state index contributed by atoms with van der Waals surface area (Å²) in [4.78, 5) is 18.8. The number of hydrogen-bond donors (Lipinski definition) is 1. The van der Waals surface area contributed by atoms with Crippen molar-refractivity contribution < 1.29 is 9.18 Å². The van der Waals surface area contributed by atoms with Crippen LogP contribution in [0.4, 0.5) is 4.39 Å². The van der Waals surface area contributed by atoms with E-state index in [0.29, 0.717) is 11.5 Å². The standard InChI is InChI=1S/C17H22FN5O/c1-11(2)16-20-15(17(24)22(3)14-7-8-19-10-14)21-23(16)13-6-4-5-12(18)9-13/h4-6,9,11,14,19H,7-8,10H2,1-3H3/t14-/m0/s1. The number of hydrogen-bond acceptors (Lipinski definition) is 4. The number of carbonyl (C=O) groups excluding carboxylic acids is 1. The lowest BCUT2D eigenvalue weighted by molar-refractivity contribution is 0.0731. The number of halogens is 1. The highest BCUT2D eigenvalue weighted by Gasteiger charge is 2.28. The number of benzene rings is 1. The van der Waals surface area contributed by atoms with Crippen LogP contribution in [0, 0.1) is 5.82 Å². The molecule has 6 nitrogen and oxygen atoms in total. The molecule has 1 fully saturated rings. The zero-order valence-corrected chi connectivity index (χ0v) is 14.2. The number of nitrogens with one attached hydrogen (secondary N) is 1. The van der Waals surface area contributed by atoms with Gasteiger partial charge in [0, 0.05) is 25.6 Å². The van der Waals surface area contributed by atoms with E-state index in [4.69, 9.17) is 0 Å². The summed E-state index contributed by atoms with van der Waals surface area (Å²) in [6, 6.07) is 6.29. The Labute approximate surface area is 140 Å². The van der Waals surface area contributed by atoms with Crippen molar-refractivity contribution in [2.45, 2.75) is 32.2 Å². The van der Waals surface area contributed by atoms with E-state index >= 15 is 0 Å². The van der Waals surface area contributed by atoms with E-state index in [1.807, 2.05) is 13.8 Å². The highest BCUT2D eigenvalue weighted by Crippen LogP contribution is 2.19. The van der Waals surface area contributed by atoms with Gasteiger partial charge in [-0.3, -0.25) is 4.79 Å². The smallest absolute Gasteiger partial charge is 0.293 e. The summed E-state index contributed by atoms with van der Waals surface area (Å²) >= 11 is 0. The lowest BCUT2D eigenvalue weighted by atomic mass is 10.2. The summed E-state index contributed by atoms with van der Waals surface area (Å²) < 4.78 is 15.1. The van der Waals surface area contributed by atoms with Crippen LogP contribution in [-0.2, 0) is 0 Å². The van der Waals surface area contributed by atoms with E-state index < -0.39 is 0 Å². The van der Waals surface area contributed by atoms with Crippen molar-refractivity contribution in [1.29, 1.82) is 0 Å². The van der Waals surface area contributed by atoms with Gasteiger partial charge >= 0.3 is 0 Å². The maximum atomic E-state index is 13.5. The maximum Gasteiger partial charge on any atom is 0.293 e. The van der Waals surface area contributed by atoms with Crippen LogP contribution >= 0.6 is 0 Å². The van der Waals surface area contributed by atoms with E-state index in [9.17, 15) is 9.18 Å². The van der Waals surface area contributed by atoms with Gasteiger partial charge < -0.3 is 10.2 Å². The van der Waals surface area contributed by atoms with Crippen molar-refractivity contribution in [3.05, 3.63) is 41.7 Å². The van der Waals surface area contributed by atoms with Crippen molar-refractivity contribution >= 4 is 5.91 Å². The van der Waals surface area contributed by atoms with Crippen LogP contribution in [0.25, 0.3) is 5.69 Å². The molecule has 24 heavy (non-hydrogen) atoms. The first kappa shape index (κ1) is 16.6. The van der Waals surface area contributed by atoms with E-state index in [1.165, 1.54) is 12.1 Å². The van der Waals surface area contributed by atoms with Gasteiger partial charge in [-0.2, -0.15) is 0 Å². The molecule has 0 saturated carbocycles. The molecule has 1 amide bonds. The second-order valence-corrected chi connectivity index (χ2v) is 6.40. The minimum atomic E-state index is -0.347. The summed E-state index contributed by atoms with van der Waals surface area (Å²) in [6.45, 7) is 5.63. The van der Waals surface area contributed by atoms with Crippen molar-refractivity contribution in [2.24, 2.45) is 0 Å². The Balaban J connectivity index is 1.95. The van der Waals surface area contributed by atoms with Crippen LogP contribution in [0.5, 0.6) is 0 Å². The van der Waals surface area contributed by atoms with Crippen molar-refractivity contribution in [3.8, 4) is 5.69 Å². The molecule has 1 atom stereocenters. The lowest BCUT2D eigenvalue weighted by Crippen LogP contribution is -2.38. The van der Waals surface area contributed by atoms with E-state index in [-0.39, 0.29) is 29.5 Å². The average Bonchev–Trinajstić information content (AvgIpc) is 3.23. The average molecular weight is 331 g/mol. The first-order valence-electron chi connectivity index (χ1n) is 8.18. The molecule has 1 aromatic heterocycles. The second-order valence-electron chi connectivity index (χ2n) is 6.40. The molecule has 0 bridgehead atoms. The summed E-state index contributed by atoms with van der Waals surface area (Å²) in [6.07, 6.45) is 0.921. The van der Waals surface area contributed by atoms with Gasteiger partial charge in [-0.25, -0.2) is 14.1 Å². The van der Waals surface area contributed by atoms with Crippen molar-refractivity contribution in [2.75, 3.05) is 20.1 Å². The minimum Gasteiger partial charge on any atom is -0.335 e. The fraction of sp³-hybridized carbons (Fsp3) is 0.471. The topological polar surface area (TPSA) is 63.1 Å². The van der Waals surface area contributed by atoms with Gasteiger partial charge in [0.25, 0.3) is 5.91 Å². The molecule has 7 heteroatoms. The van der Waals surface area contributed by atoms with Crippen LogP contribution in [0.1, 0.15) is 42.6 Å². The predicted molar refractivity (Wildman–Crippen MR) is 88.8 cm³/mol. The Morgan fingerprint density at radius 1 is 1.46 bits per heavy atom. The first-order valence-corrected chi connectivity index (χ1v) is 8.18. The van der Waals surface area contributed by atoms with Gasteiger partial charge in [0.1, 0.15) is 11.6 Å². The van der Waals surface area contributed by atoms with Crippen LogP contribution < -0.4 is 5.32 Å². The Hall–Kier alpha value is -2.28. The summed E-state index contributed by atoms with van der Waals surface area (Å²) in [5.74, 6) is 0.292. The van der Waals surface area contributed by atoms with Crippen LogP contribution in [0.2, 0.25) is 0 Å². The zero-order valence-electron chi connectivity index (χ0n) is 14.2. The van der Waals surface area contributed by atoms with Crippen molar-refractivity contribution in [3.63, 3.8) is 0 Å². The summed E-state index contributed by atoms with van der Waals surface area (Å²) in [5, 5.41) is 7.61. The van der Waals surface area contributed by atoms with E-state index in [0.717, 1.165) is 19.5 Å². The normalized spacial score (nSPS) is 17.5. The molecule has 0 unspecified atom stereocenters. The van der Waals surface area contributed by atoms with Gasteiger partial charge in [0.15, 0.2) is 0 Å². The van der Waals surface area contributed by atoms with Gasteiger partial charge in [-0.05, 0) is 31.2 Å². The number of rotatable bonds is 4. The molecule has 1 aromatic carbocycles. The highest BCUT2D eigenvalue weighted by molar-refractivity contribution is 5.90. The molecule has 1 N–H and O–H groups in total. The number of aromatic nitrogens is 3. The van der Waals surface area contributed by atoms with Gasteiger partial charge in [-0.15, -0.1) is 5.10 Å². The Kier molecular flexibility index (Phi) is 4.62.